The van der Waals surface area contributed by atoms with E-state index in [1.165, 1.54) is 0 Å². The van der Waals surface area contributed by atoms with Gasteiger partial charge in [0.25, 0.3) is 0 Å². The number of β-lactam (4-membered cyclic amide) rings is 1. The molecule has 0 saturated carbocycles. The van der Waals surface area contributed by atoms with Crippen molar-refractivity contribution in [3.05, 3.63) is 22.9 Å². The van der Waals surface area contributed by atoms with Crippen molar-refractivity contribution in [1.29, 1.82) is 5.53 Å². The summed E-state index contributed by atoms with van der Waals surface area (Å²) in [4.78, 5) is 11.1. The molecule has 0 aromatic heterocycles. The van der Waals surface area contributed by atoms with Gasteiger partial charge < -0.3 is 5.32 Å². The highest BCUT2D eigenvalue weighted by Crippen LogP contribution is 2.23. The molecule has 0 aromatic rings. The van der Waals surface area contributed by atoms with Crippen LogP contribution in [0, 0.1) is 5.53 Å². The molecule has 1 aliphatic heterocycles. The molecule has 0 spiro atoms. The van der Waals surface area contributed by atoms with Crippen LogP contribution in [0.15, 0.2) is 28.0 Å². The second-order valence-electron chi connectivity index (χ2n) is 3.02. The van der Waals surface area contributed by atoms with Gasteiger partial charge in [-0.25, -0.2) is 5.53 Å². The van der Waals surface area contributed by atoms with Crippen molar-refractivity contribution in [2.24, 2.45) is 5.11 Å². The second kappa shape index (κ2) is 3.51. The number of nitrogens with zero attached hydrogens (tertiary/aromatic N) is 1. The summed E-state index contributed by atoms with van der Waals surface area (Å²) in [6, 6.07) is 0.0872. The maximum Gasteiger partial charge on any atom is 0.250 e. The molecule has 2 N–H and O–H groups in total. The first-order valence-electron chi connectivity index (χ1n) is 4.17. The van der Waals surface area contributed by atoms with E-state index in [-0.39, 0.29) is 11.9 Å². The Balaban J connectivity index is 3.04. The van der Waals surface area contributed by atoms with Crippen molar-refractivity contribution in [3.8, 4) is 0 Å². The van der Waals surface area contributed by atoms with Crippen molar-refractivity contribution in [3.63, 3.8) is 0 Å². The minimum Gasteiger partial charge on any atom is -0.345 e. The molecule has 13 heavy (non-hydrogen) atoms. The minimum atomic E-state index is -0.0481. The number of nitrogens with one attached hydrogen (secondary N) is 2. The SMILES string of the molecule is C/C=C(N=N)/C(C)=C1/C(=O)NC1C. The summed E-state index contributed by atoms with van der Waals surface area (Å²) in [5, 5.41) is 6.06. The first-order chi connectivity index (χ1) is 6.11. The number of allylic oxidation sites excluding steroid dienone is 2. The molecule has 4 nitrogen and oxygen atoms in total. The highest BCUT2D eigenvalue weighted by molar-refractivity contribution is 6.02. The van der Waals surface area contributed by atoms with E-state index in [0.29, 0.717) is 5.70 Å². The average Bonchev–Trinajstić information content (AvgIpc) is 2.05. The lowest BCUT2D eigenvalue weighted by atomic mass is 9.93. The molecule has 0 aliphatic carbocycles. The van der Waals surface area contributed by atoms with E-state index in [9.17, 15) is 4.79 Å². The van der Waals surface area contributed by atoms with Gasteiger partial charge in [-0.3, -0.25) is 4.79 Å². The van der Waals surface area contributed by atoms with Gasteiger partial charge in [-0.05, 0) is 26.3 Å². The largest absolute Gasteiger partial charge is 0.345 e. The first kappa shape index (κ1) is 9.64. The van der Waals surface area contributed by atoms with Gasteiger partial charge in [0.1, 0.15) is 0 Å². The molecule has 70 valence electrons. The van der Waals surface area contributed by atoms with Gasteiger partial charge in [0, 0.05) is 5.57 Å². The lowest BCUT2D eigenvalue weighted by Crippen LogP contribution is -2.50. The Kier molecular flexibility index (Phi) is 2.60. The molecule has 1 aliphatic rings. The number of rotatable bonds is 2. The Morgan fingerprint density at radius 3 is 2.62 bits per heavy atom. The maximum absolute atomic E-state index is 11.1. The minimum absolute atomic E-state index is 0.0481. The zero-order chi connectivity index (χ0) is 10.0. The van der Waals surface area contributed by atoms with E-state index < -0.39 is 0 Å². The molecule has 1 rings (SSSR count). The van der Waals surface area contributed by atoms with Gasteiger partial charge in [0.2, 0.25) is 5.91 Å². The molecule has 1 atom stereocenters. The molecule has 0 radical (unpaired) electrons. The summed E-state index contributed by atoms with van der Waals surface area (Å²) in [5.41, 5.74) is 9.01. The van der Waals surface area contributed by atoms with Crippen LogP contribution < -0.4 is 5.32 Å². The van der Waals surface area contributed by atoms with Gasteiger partial charge in [-0.15, -0.1) is 0 Å². The van der Waals surface area contributed by atoms with E-state index in [2.05, 4.69) is 10.4 Å². The highest BCUT2D eigenvalue weighted by Gasteiger charge is 2.31. The van der Waals surface area contributed by atoms with E-state index in [1.807, 2.05) is 13.8 Å². The van der Waals surface area contributed by atoms with Crippen LogP contribution in [0.4, 0.5) is 0 Å². The van der Waals surface area contributed by atoms with E-state index in [1.54, 1.807) is 13.0 Å². The molecule has 1 heterocycles. The molecule has 4 heteroatoms. The third-order valence-corrected chi connectivity index (χ3v) is 2.21. The Bertz CT molecular complexity index is 315. The first-order valence-corrected chi connectivity index (χ1v) is 4.17. The summed E-state index contributed by atoms with van der Waals surface area (Å²) in [6.45, 7) is 5.54. The van der Waals surface area contributed by atoms with E-state index >= 15 is 0 Å². The Labute approximate surface area is 77.2 Å². The Morgan fingerprint density at radius 1 is 1.69 bits per heavy atom. The van der Waals surface area contributed by atoms with Crippen molar-refractivity contribution in [2.45, 2.75) is 26.8 Å². The fraction of sp³-hybridized carbons (Fsp3) is 0.444. The molecule has 1 saturated heterocycles. The van der Waals surface area contributed by atoms with Gasteiger partial charge in [-0.2, -0.15) is 5.11 Å². The monoisotopic (exact) mass is 179 g/mol. The number of carbonyl (C=O) groups excluding carboxylic acids is 1. The zero-order valence-corrected chi connectivity index (χ0v) is 8.01. The molecule has 1 unspecified atom stereocenters. The Morgan fingerprint density at radius 2 is 2.31 bits per heavy atom. The van der Waals surface area contributed by atoms with Crippen molar-refractivity contribution in [1.82, 2.24) is 5.32 Å². The topological polar surface area (TPSA) is 65.3 Å². The van der Waals surface area contributed by atoms with Crippen molar-refractivity contribution >= 4 is 5.91 Å². The van der Waals surface area contributed by atoms with Gasteiger partial charge >= 0.3 is 0 Å². The summed E-state index contributed by atoms with van der Waals surface area (Å²) in [7, 11) is 0. The summed E-state index contributed by atoms with van der Waals surface area (Å²) in [5.74, 6) is -0.0481. The van der Waals surface area contributed by atoms with Crippen molar-refractivity contribution < 1.29 is 4.79 Å². The van der Waals surface area contributed by atoms with Gasteiger partial charge in [0.15, 0.2) is 0 Å². The van der Waals surface area contributed by atoms with Crippen LogP contribution in [0.2, 0.25) is 0 Å². The normalized spacial score (nSPS) is 26.2. The average molecular weight is 179 g/mol. The highest BCUT2D eigenvalue weighted by atomic mass is 16.2. The van der Waals surface area contributed by atoms with Crippen LogP contribution in [0.25, 0.3) is 0 Å². The standard InChI is InChI=1S/C9H13N3O/c1-4-7(12-10)5(2)8-6(3)11-9(8)13/h4,6,10H,1-3H3,(H,11,13)/b7-4-,8-5+,12-10?. The lowest BCUT2D eigenvalue weighted by molar-refractivity contribution is -0.122. The molecule has 0 bridgehead atoms. The summed E-state index contributed by atoms with van der Waals surface area (Å²) < 4.78 is 0. The third-order valence-electron chi connectivity index (χ3n) is 2.21. The van der Waals surface area contributed by atoms with E-state index in [0.717, 1.165) is 11.1 Å². The summed E-state index contributed by atoms with van der Waals surface area (Å²) >= 11 is 0. The van der Waals surface area contributed by atoms with E-state index in [4.69, 9.17) is 5.53 Å². The van der Waals surface area contributed by atoms with Crippen LogP contribution in [-0.4, -0.2) is 11.9 Å². The number of carbonyl (C=O) groups is 1. The predicted octanol–water partition coefficient (Wildman–Crippen LogP) is 1.76. The van der Waals surface area contributed by atoms with Crippen LogP contribution >= 0.6 is 0 Å². The molecule has 1 fully saturated rings. The third kappa shape index (κ3) is 1.52. The molecular formula is C9H13N3O. The molecule has 0 aromatic carbocycles. The fourth-order valence-corrected chi connectivity index (χ4v) is 1.46. The molecular weight excluding hydrogens is 166 g/mol. The molecule has 1 amide bonds. The number of amides is 1. The van der Waals surface area contributed by atoms with Crippen molar-refractivity contribution in [2.75, 3.05) is 0 Å². The van der Waals surface area contributed by atoms with Gasteiger partial charge in [-0.1, -0.05) is 6.08 Å². The fourth-order valence-electron chi connectivity index (χ4n) is 1.46. The van der Waals surface area contributed by atoms with Crippen LogP contribution in [-0.2, 0) is 4.79 Å². The van der Waals surface area contributed by atoms with Gasteiger partial charge in [0.05, 0.1) is 11.7 Å². The van der Waals surface area contributed by atoms with Crippen LogP contribution in [0.1, 0.15) is 20.8 Å². The zero-order valence-electron chi connectivity index (χ0n) is 8.01. The smallest absolute Gasteiger partial charge is 0.250 e. The lowest BCUT2D eigenvalue weighted by Gasteiger charge is -2.29. The number of hydrogen-bond acceptors (Lipinski definition) is 3. The summed E-state index contributed by atoms with van der Waals surface area (Å²) in [6.07, 6.45) is 1.73. The quantitative estimate of drug-likeness (QED) is 0.378. The Hall–Kier alpha value is -1.45. The second-order valence-corrected chi connectivity index (χ2v) is 3.02. The number of hydrogen-bond donors (Lipinski definition) is 2. The predicted molar refractivity (Wildman–Crippen MR) is 49.2 cm³/mol. The van der Waals surface area contributed by atoms with Crippen LogP contribution in [0.5, 0.6) is 0 Å². The van der Waals surface area contributed by atoms with Crippen LogP contribution in [0.3, 0.4) is 0 Å². The maximum atomic E-state index is 11.1.